The van der Waals surface area contributed by atoms with Crippen molar-refractivity contribution in [3.8, 4) is 0 Å². The molecule has 0 aromatic carbocycles. The molecule has 6 nitrogen and oxygen atoms in total. The Labute approximate surface area is 145 Å². The average Bonchev–Trinajstić information content (AvgIpc) is 3.04. The summed E-state index contributed by atoms with van der Waals surface area (Å²) in [4.78, 5) is 24.8. The van der Waals surface area contributed by atoms with Crippen LogP contribution in [-0.4, -0.2) is 40.6 Å². The van der Waals surface area contributed by atoms with Gasteiger partial charge >= 0.3 is 0 Å². The zero-order chi connectivity index (χ0) is 16.7. The molecule has 0 bridgehead atoms. The Balaban J connectivity index is 1.76. The summed E-state index contributed by atoms with van der Waals surface area (Å²) in [7, 11) is 4.05. The van der Waals surface area contributed by atoms with Crippen molar-refractivity contribution in [3.63, 3.8) is 0 Å². The van der Waals surface area contributed by atoms with Gasteiger partial charge in [0.15, 0.2) is 0 Å². The molecule has 0 unspecified atom stereocenters. The van der Waals surface area contributed by atoms with Crippen LogP contribution in [0.25, 0.3) is 10.2 Å². The third kappa shape index (κ3) is 2.49. The summed E-state index contributed by atoms with van der Waals surface area (Å²) in [5.74, 6) is 2.02. The van der Waals surface area contributed by atoms with Crippen molar-refractivity contribution in [2.24, 2.45) is 0 Å². The van der Waals surface area contributed by atoms with E-state index in [9.17, 15) is 0 Å². The van der Waals surface area contributed by atoms with Crippen molar-refractivity contribution in [1.82, 2.24) is 19.9 Å². The van der Waals surface area contributed by atoms with E-state index >= 15 is 0 Å². The van der Waals surface area contributed by atoms with E-state index in [0.29, 0.717) is 0 Å². The minimum Gasteiger partial charge on any atom is -0.362 e. The lowest BCUT2D eigenvalue weighted by Gasteiger charge is -2.31. The first-order chi connectivity index (χ1) is 11.7. The van der Waals surface area contributed by atoms with Gasteiger partial charge in [0.25, 0.3) is 0 Å². The number of fused-ring (bicyclic) bond motifs is 2. The molecule has 3 aromatic rings. The molecule has 1 aliphatic rings. The molecule has 3 aromatic heterocycles. The maximum Gasteiger partial charge on any atom is 0.141 e. The summed E-state index contributed by atoms with van der Waals surface area (Å²) >= 11 is 1.76. The normalized spacial score (nSPS) is 14.0. The van der Waals surface area contributed by atoms with Crippen molar-refractivity contribution in [1.29, 1.82) is 0 Å². The van der Waals surface area contributed by atoms with Crippen LogP contribution in [-0.2, 0) is 19.4 Å². The van der Waals surface area contributed by atoms with Crippen LogP contribution < -0.4 is 9.80 Å². The fourth-order valence-electron chi connectivity index (χ4n) is 3.21. The Morgan fingerprint density at radius 1 is 1.17 bits per heavy atom. The first-order valence-electron chi connectivity index (χ1n) is 8.15. The Bertz CT molecular complexity index is 888. The van der Waals surface area contributed by atoms with E-state index in [0.717, 1.165) is 53.5 Å². The van der Waals surface area contributed by atoms with Crippen molar-refractivity contribution >= 4 is 33.2 Å². The summed E-state index contributed by atoms with van der Waals surface area (Å²) in [6.07, 6.45) is 5.29. The van der Waals surface area contributed by atoms with E-state index in [4.69, 9.17) is 0 Å². The topological polar surface area (TPSA) is 58.0 Å². The van der Waals surface area contributed by atoms with Gasteiger partial charge in [0.05, 0.1) is 11.1 Å². The molecule has 0 radical (unpaired) electrons. The van der Waals surface area contributed by atoms with Crippen molar-refractivity contribution < 1.29 is 0 Å². The highest BCUT2D eigenvalue weighted by molar-refractivity contribution is 7.18. The number of nitrogens with zero attached hydrogens (tertiary/aromatic N) is 6. The molecule has 4 heterocycles. The SMILES string of the molecule is CCc1cc2c(N3CCc4ncnc(N(C)C)c4C3)ncnc2s1. The number of aryl methyl sites for hydroxylation is 1. The quantitative estimate of drug-likeness (QED) is 0.731. The second-order valence-corrected chi connectivity index (χ2v) is 7.29. The van der Waals surface area contributed by atoms with Gasteiger partial charge in [0.1, 0.15) is 29.1 Å². The molecule has 124 valence electrons. The molecule has 0 N–H and O–H groups in total. The van der Waals surface area contributed by atoms with Crippen molar-refractivity contribution in [2.45, 2.75) is 26.3 Å². The van der Waals surface area contributed by atoms with E-state index in [1.165, 1.54) is 10.4 Å². The first kappa shape index (κ1) is 15.3. The predicted molar refractivity (Wildman–Crippen MR) is 97.9 cm³/mol. The molecule has 0 aliphatic carbocycles. The highest BCUT2D eigenvalue weighted by Gasteiger charge is 2.24. The molecule has 0 atom stereocenters. The van der Waals surface area contributed by atoms with E-state index in [1.54, 1.807) is 24.0 Å². The lowest BCUT2D eigenvalue weighted by Crippen LogP contribution is -2.33. The summed E-state index contributed by atoms with van der Waals surface area (Å²) in [6.45, 7) is 3.88. The summed E-state index contributed by atoms with van der Waals surface area (Å²) in [5, 5.41) is 1.16. The van der Waals surface area contributed by atoms with E-state index < -0.39 is 0 Å². The van der Waals surface area contributed by atoms with Crippen LogP contribution >= 0.6 is 11.3 Å². The summed E-state index contributed by atoms with van der Waals surface area (Å²) in [5.41, 5.74) is 2.35. The summed E-state index contributed by atoms with van der Waals surface area (Å²) < 4.78 is 0. The zero-order valence-corrected chi connectivity index (χ0v) is 15.0. The van der Waals surface area contributed by atoms with Crippen molar-refractivity contribution in [2.75, 3.05) is 30.4 Å². The van der Waals surface area contributed by atoms with Crippen LogP contribution in [0.5, 0.6) is 0 Å². The van der Waals surface area contributed by atoms with E-state index in [2.05, 4.69) is 42.7 Å². The average molecular weight is 340 g/mol. The minimum atomic E-state index is 0.785. The molecular formula is C17H20N6S. The fourth-order valence-corrected chi connectivity index (χ4v) is 4.14. The highest BCUT2D eigenvalue weighted by atomic mass is 32.1. The maximum absolute atomic E-state index is 4.59. The van der Waals surface area contributed by atoms with Crippen LogP contribution in [0.3, 0.4) is 0 Å². The molecule has 0 saturated heterocycles. The second kappa shape index (κ2) is 5.98. The largest absolute Gasteiger partial charge is 0.362 e. The predicted octanol–water partition coefficient (Wildman–Crippen LogP) is 2.67. The Kier molecular flexibility index (Phi) is 3.80. The lowest BCUT2D eigenvalue weighted by atomic mass is 10.1. The van der Waals surface area contributed by atoms with Crippen LogP contribution in [0.2, 0.25) is 0 Å². The Morgan fingerprint density at radius 3 is 2.79 bits per heavy atom. The second-order valence-electron chi connectivity index (χ2n) is 6.17. The number of thiophene rings is 1. The Hall–Kier alpha value is -2.28. The third-order valence-corrected chi connectivity index (χ3v) is 5.60. The Morgan fingerprint density at radius 2 is 2.00 bits per heavy atom. The van der Waals surface area contributed by atoms with Gasteiger partial charge in [-0.3, -0.25) is 0 Å². The van der Waals surface area contributed by atoms with E-state index in [-0.39, 0.29) is 0 Å². The number of hydrogen-bond acceptors (Lipinski definition) is 7. The van der Waals surface area contributed by atoms with E-state index in [1.807, 2.05) is 14.1 Å². The third-order valence-electron chi connectivity index (χ3n) is 4.41. The molecular weight excluding hydrogens is 320 g/mol. The molecule has 4 rings (SSSR count). The number of aromatic nitrogens is 4. The van der Waals surface area contributed by atoms with Gasteiger partial charge in [-0.25, -0.2) is 19.9 Å². The van der Waals surface area contributed by atoms with Crippen LogP contribution in [0.4, 0.5) is 11.6 Å². The van der Waals surface area contributed by atoms with Gasteiger partial charge in [-0.05, 0) is 12.5 Å². The lowest BCUT2D eigenvalue weighted by molar-refractivity contribution is 0.696. The summed E-state index contributed by atoms with van der Waals surface area (Å²) in [6, 6.07) is 2.24. The fraction of sp³-hybridized carbons (Fsp3) is 0.412. The minimum absolute atomic E-state index is 0.785. The maximum atomic E-state index is 4.59. The van der Waals surface area contributed by atoms with Crippen molar-refractivity contribution in [3.05, 3.63) is 34.9 Å². The smallest absolute Gasteiger partial charge is 0.141 e. The molecule has 24 heavy (non-hydrogen) atoms. The van der Waals surface area contributed by atoms with Gasteiger partial charge in [-0.1, -0.05) is 6.92 Å². The molecule has 0 amide bonds. The molecule has 0 saturated carbocycles. The number of hydrogen-bond donors (Lipinski definition) is 0. The van der Waals surface area contributed by atoms with Gasteiger partial charge in [0, 0.05) is 44.0 Å². The van der Waals surface area contributed by atoms with Crippen LogP contribution in [0, 0.1) is 0 Å². The molecule has 7 heteroatoms. The van der Waals surface area contributed by atoms with Gasteiger partial charge < -0.3 is 9.80 Å². The highest BCUT2D eigenvalue weighted by Crippen LogP contribution is 2.33. The first-order valence-corrected chi connectivity index (χ1v) is 8.97. The molecule has 0 spiro atoms. The molecule has 0 fully saturated rings. The monoisotopic (exact) mass is 340 g/mol. The number of rotatable bonds is 3. The van der Waals surface area contributed by atoms with Crippen LogP contribution in [0.15, 0.2) is 18.7 Å². The van der Waals surface area contributed by atoms with Gasteiger partial charge in [-0.2, -0.15) is 0 Å². The number of anilines is 2. The molecule has 1 aliphatic heterocycles. The van der Waals surface area contributed by atoms with Gasteiger partial charge in [-0.15, -0.1) is 11.3 Å². The van der Waals surface area contributed by atoms with Crippen LogP contribution in [0.1, 0.15) is 23.1 Å². The zero-order valence-electron chi connectivity index (χ0n) is 14.2. The standard InChI is InChI=1S/C17H20N6S/c1-4-11-7-12-16(20-10-21-17(12)24-11)23-6-5-14-13(8-23)15(22(2)3)19-9-18-14/h7,9-10H,4-6,8H2,1-3H3. The van der Waals surface area contributed by atoms with Gasteiger partial charge in [0.2, 0.25) is 0 Å².